The number of aryl methyl sites for hydroxylation is 2. The number of hydrogen-bond acceptors (Lipinski definition) is 11. The van der Waals surface area contributed by atoms with Crippen LogP contribution in [0.2, 0.25) is 0 Å². The zero-order valence-electron chi connectivity index (χ0n) is 30.9. The predicted octanol–water partition coefficient (Wildman–Crippen LogP) is 4.44. The summed E-state index contributed by atoms with van der Waals surface area (Å²) in [5.41, 5.74) is 6.39. The highest BCUT2D eigenvalue weighted by Crippen LogP contribution is 2.37. The van der Waals surface area contributed by atoms with Crippen LogP contribution in [0.3, 0.4) is 0 Å². The number of nitrogens with one attached hydrogen (secondary N) is 2. The summed E-state index contributed by atoms with van der Waals surface area (Å²) in [4.78, 5) is 52.1. The second-order valence-corrected chi connectivity index (χ2v) is 14.9. The second kappa shape index (κ2) is 16.3. The molecule has 8 rings (SSSR count). The quantitative estimate of drug-likeness (QED) is 0.0803. The van der Waals surface area contributed by atoms with Crippen molar-refractivity contribution in [3.63, 3.8) is 0 Å². The minimum atomic E-state index is -0.665. The molecular weight excluding hydrogens is 733 g/mol. The van der Waals surface area contributed by atoms with Crippen LogP contribution in [0.15, 0.2) is 60.9 Å². The Labute approximate surface area is 327 Å². The van der Waals surface area contributed by atoms with Crippen molar-refractivity contribution in [2.75, 3.05) is 18.5 Å². The Hall–Kier alpha value is -6.11. The molecule has 2 aromatic carbocycles. The highest BCUT2D eigenvalue weighted by Gasteiger charge is 2.39. The van der Waals surface area contributed by atoms with Crippen molar-refractivity contribution in [3.05, 3.63) is 111 Å². The zero-order chi connectivity index (χ0) is 38.6. The van der Waals surface area contributed by atoms with E-state index in [9.17, 15) is 19.2 Å². The summed E-state index contributed by atoms with van der Waals surface area (Å²) < 4.78 is 15.4. The molecule has 1 unspecified atom stereocenters. The molecule has 1 fully saturated rings. The van der Waals surface area contributed by atoms with E-state index in [2.05, 4.69) is 54.5 Å². The van der Waals surface area contributed by atoms with E-state index in [1.165, 1.54) is 10.5 Å². The summed E-state index contributed by atoms with van der Waals surface area (Å²) >= 11 is 1.63. The number of hydrogen-bond donors (Lipinski definition) is 2. The molecule has 1 saturated heterocycles. The molecule has 0 aliphatic carbocycles. The van der Waals surface area contributed by atoms with Gasteiger partial charge in [0, 0.05) is 61.1 Å². The van der Waals surface area contributed by atoms with Crippen LogP contribution in [0.1, 0.15) is 86.8 Å². The Bertz CT molecular complexity index is 2370. The van der Waals surface area contributed by atoms with Crippen LogP contribution in [-0.2, 0) is 56.6 Å². The van der Waals surface area contributed by atoms with Crippen molar-refractivity contribution in [1.82, 2.24) is 34.8 Å². The lowest BCUT2D eigenvalue weighted by Gasteiger charge is -2.29. The fourth-order valence-electron chi connectivity index (χ4n) is 7.28. The summed E-state index contributed by atoms with van der Waals surface area (Å²) in [5.74, 6) is 7.07. The maximum absolute atomic E-state index is 13.1. The Morgan fingerprint density at radius 1 is 1.05 bits per heavy atom. The number of fused-ring (bicyclic) bond motifs is 4. The lowest BCUT2D eigenvalue weighted by Crippen LogP contribution is -2.52. The van der Waals surface area contributed by atoms with Crippen LogP contribution in [0.25, 0.3) is 5.00 Å². The van der Waals surface area contributed by atoms with Crippen LogP contribution in [0.5, 0.6) is 0 Å². The average molecular weight is 773 g/mol. The molecule has 3 aliphatic rings. The summed E-state index contributed by atoms with van der Waals surface area (Å²) in [6.07, 6.45) is 6.29. The topological polar surface area (TPSA) is 163 Å². The van der Waals surface area contributed by atoms with Gasteiger partial charge < -0.3 is 19.7 Å². The van der Waals surface area contributed by atoms with Crippen molar-refractivity contribution >= 4 is 40.7 Å². The van der Waals surface area contributed by atoms with Gasteiger partial charge in [0.1, 0.15) is 23.5 Å². The standard InChI is InChI=1S/C41H40N8O6S/c1-26-45-46-36-25-54-24-32-30(20-27-8-3-2-4-9-27)35(56-41(32)49(26)36)15-13-28-21-43-47(22-28)18-6-12-38(51)55-19-7-17-42-33-11-5-10-29-31(33)23-48(40(29)53)34-14-16-37(50)44-39(34)52/h2-5,8-11,21-22,34,42H,6-7,12,14,16-20,23-25H2,1H3,(H,44,50,52). The fourth-order valence-corrected chi connectivity index (χ4v) is 8.53. The molecule has 2 N–H and O–H groups in total. The van der Waals surface area contributed by atoms with Crippen molar-refractivity contribution < 1.29 is 28.7 Å². The number of esters is 1. The lowest BCUT2D eigenvalue weighted by molar-refractivity contribution is -0.144. The zero-order valence-corrected chi connectivity index (χ0v) is 31.7. The minimum Gasteiger partial charge on any atom is -0.466 e. The van der Waals surface area contributed by atoms with Gasteiger partial charge in [-0.3, -0.25) is 33.7 Å². The Morgan fingerprint density at radius 3 is 2.79 bits per heavy atom. The molecule has 3 amide bonds. The first-order chi connectivity index (χ1) is 27.3. The van der Waals surface area contributed by atoms with Crippen molar-refractivity contribution in [1.29, 1.82) is 0 Å². The molecule has 14 nitrogen and oxygen atoms in total. The summed E-state index contributed by atoms with van der Waals surface area (Å²) in [6, 6.07) is 15.1. The molecule has 1 atom stereocenters. The fraction of sp³-hybridized carbons (Fsp3) is 0.341. The predicted molar refractivity (Wildman–Crippen MR) is 206 cm³/mol. The van der Waals surface area contributed by atoms with Gasteiger partial charge in [-0.15, -0.1) is 21.5 Å². The van der Waals surface area contributed by atoms with Crippen molar-refractivity contribution in [2.45, 2.75) is 77.8 Å². The van der Waals surface area contributed by atoms with Gasteiger partial charge >= 0.3 is 5.97 Å². The van der Waals surface area contributed by atoms with E-state index in [0.29, 0.717) is 51.1 Å². The van der Waals surface area contributed by atoms with Gasteiger partial charge in [-0.1, -0.05) is 48.2 Å². The van der Waals surface area contributed by atoms with E-state index >= 15 is 0 Å². The van der Waals surface area contributed by atoms with E-state index < -0.39 is 11.9 Å². The summed E-state index contributed by atoms with van der Waals surface area (Å²) in [5, 5.41) is 19.8. The highest BCUT2D eigenvalue weighted by atomic mass is 32.1. The van der Waals surface area contributed by atoms with Crippen molar-refractivity contribution in [2.24, 2.45) is 0 Å². The van der Waals surface area contributed by atoms with Crippen LogP contribution < -0.4 is 10.6 Å². The van der Waals surface area contributed by atoms with E-state index in [1.54, 1.807) is 34.3 Å². The highest BCUT2D eigenvalue weighted by molar-refractivity contribution is 7.15. The molecule has 15 heteroatoms. The van der Waals surface area contributed by atoms with Gasteiger partial charge in [-0.05, 0) is 55.9 Å². The van der Waals surface area contributed by atoms with Gasteiger partial charge in [-0.25, -0.2) is 0 Å². The maximum atomic E-state index is 13.1. The molecule has 0 spiro atoms. The summed E-state index contributed by atoms with van der Waals surface area (Å²) in [6.45, 7) is 4.45. The average Bonchev–Trinajstić information content (AvgIpc) is 3.94. The third-order valence-electron chi connectivity index (χ3n) is 10.1. The number of thiophene rings is 1. The molecule has 286 valence electrons. The molecule has 3 aliphatic heterocycles. The van der Waals surface area contributed by atoms with Gasteiger partial charge in [-0.2, -0.15) is 5.10 Å². The number of piperidine rings is 1. The molecule has 6 heterocycles. The molecule has 56 heavy (non-hydrogen) atoms. The number of amides is 3. The molecule has 0 radical (unpaired) electrons. The van der Waals surface area contributed by atoms with Crippen LogP contribution >= 0.6 is 11.3 Å². The summed E-state index contributed by atoms with van der Waals surface area (Å²) in [7, 11) is 0. The van der Waals surface area contributed by atoms with E-state index in [-0.39, 0.29) is 43.8 Å². The van der Waals surface area contributed by atoms with Crippen LogP contribution in [0.4, 0.5) is 5.69 Å². The molecule has 3 aromatic heterocycles. The maximum Gasteiger partial charge on any atom is 0.305 e. The van der Waals surface area contributed by atoms with E-state index in [0.717, 1.165) is 55.9 Å². The van der Waals surface area contributed by atoms with Crippen LogP contribution in [-0.4, -0.2) is 72.3 Å². The SMILES string of the molecule is Cc1nnc2n1-c1sc(C#Cc3cnn(CCCC(=O)OCCCNc4cccc5c4CN(C4CCC(=O)NC4=O)C5=O)c3)c(Cc3ccccc3)c1COC2. The van der Waals surface area contributed by atoms with Crippen molar-refractivity contribution in [3.8, 4) is 16.8 Å². The number of nitrogens with zero attached hydrogens (tertiary/aromatic N) is 6. The third kappa shape index (κ3) is 7.84. The third-order valence-corrected chi connectivity index (χ3v) is 11.3. The van der Waals surface area contributed by atoms with E-state index in [4.69, 9.17) is 9.47 Å². The number of rotatable bonds is 12. The van der Waals surface area contributed by atoms with Gasteiger partial charge in [0.05, 0.1) is 29.9 Å². The van der Waals surface area contributed by atoms with E-state index in [1.807, 2.05) is 37.4 Å². The van der Waals surface area contributed by atoms with Gasteiger partial charge in [0.15, 0.2) is 5.82 Å². The Balaban J connectivity index is 0.812. The first kappa shape index (κ1) is 36.8. The van der Waals surface area contributed by atoms with Crippen LogP contribution in [0, 0.1) is 18.8 Å². The van der Waals surface area contributed by atoms with Gasteiger partial charge in [0.25, 0.3) is 5.91 Å². The first-order valence-corrected chi connectivity index (χ1v) is 19.5. The van der Waals surface area contributed by atoms with Gasteiger partial charge in [0.2, 0.25) is 11.8 Å². The minimum absolute atomic E-state index is 0.207. The number of carbonyl (C=O) groups excluding carboxylic acids is 4. The number of benzene rings is 2. The first-order valence-electron chi connectivity index (χ1n) is 18.7. The normalized spacial score (nSPS) is 16.0. The number of carbonyl (C=O) groups is 4. The molecular formula is C41H40N8O6S. The number of anilines is 1. The largest absolute Gasteiger partial charge is 0.466 e. The smallest absolute Gasteiger partial charge is 0.305 e. The molecule has 5 aromatic rings. The Kier molecular flexibility index (Phi) is 10.7. The lowest BCUT2D eigenvalue weighted by atomic mass is 10.0. The second-order valence-electron chi connectivity index (χ2n) is 13.9. The molecule has 0 saturated carbocycles. The Morgan fingerprint density at radius 2 is 1.93 bits per heavy atom. The number of ether oxygens (including phenoxy) is 2. The molecule has 0 bridgehead atoms. The number of aromatic nitrogens is 5. The number of imide groups is 1. The monoisotopic (exact) mass is 772 g/mol.